The summed E-state index contributed by atoms with van der Waals surface area (Å²) in [6.45, 7) is 5.95. The molecule has 0 unspecified atom stereocenters. The fourth-order valence-electron chi connectivity index (χ4n) is 1.88. The van der Waals surface area contributed by atoms with Gasteiger partial charge in [0, 0.05) is 12.0 Å². The van der Waals surface area contributed by atoms with Gasteiger partial charge >= 0.3 is 5.97 Å². The predicted molar refractivity (Wildman–Crippen MR) is 86.5 cm³/mol. The highest BCUT2D eigenvalue weighted by Crippen LogP contribution is 2.19. The Kier molecular flexibility index (Phi) is 4.81. The van der Waals surface area contributed by atoms with Crippen molar-refractivity contribution >= 4 is 33.4 Å². The van der Waals surface area contributed by atoms with E-state index in [4.69, 9.17) is 0 Å². The lowest BCUT2D eigenvalue weighted by Gasteiger charge is -2.12. The number of benzene rings is 1. The third-order valence-electron chi connectivity index (χ3n) is 3.19. The Balaban J connectivity index is 2.51. The van der Waals surface area contributed by atoms with Crippen LogP contribution in [0.1, 0.15) is 27.2 Å². The predicted octanol–water partition coefficient (Wildman–Crippen LogP) is 2.74. The average molecular weight is 320 g/mol. The molecule has 2 aromatic rings. The van der Waals surface area contributed by atoms with Gasteiger partial charge in [0.05, 0.1) is 23.7 Å². The fraction of sp³-hybridized carbons (Fsp3) is 0.438. The quantitative estimate of drug-likeness (QED) is 0.817. The van der Waals surface area contributed by atoms with Gasteiger partial charge < -0.3 is 9.30 Å². The third-order valence-corrected chi connectivity index (χ3v) is 4.25. The molecule has 0 aliphatic carbocycles. The van der Waals surface area contributed by atoms with Crippen molar-refractivity contribution in [2.45, 2.75) is 33.7 Å². The number of nitrogens with zero attached hydrogens (tertiary/aromatic N) is 2. The molecule has 1 aromatic carbocycles. The van der Waals surface area contributed by atoms with Crippen LogP contribution in [0.3, 0.4) is 0 Å². The summed E-state index contributed by atoms with van der Waals surface area (Å²) in [7, 11) is 1.37. The number of aryl methyl sites for hydroxylation is 1. The standard InChI is InChI=1S/C16H20N2O3S/c1-16(2,3)14(20)17-15-18(10-9-13(19)21-4)11-7-5-6-8-12(11)22-15/h5-8H,9-10H2,1-4H3. The number of methoxy groups -OCH3 is 1. The summed E-state index contributed by atoms with van der Waals surface area (Å²) in [4.78, 5) is 28.5. The van der Waals surface area contributed by atoms with Crippen molar-refractivity contribution in [1.29, 1.82) is 0 Å². The van der Waals surface area contributed by atoms with Gasteiger partial charge in [0.25, 0.3) is 5.91 Å². The Morgan fingerprint density at radius 3 is 2.59 bits per heavy atom. The lowest BCUT2D eigenvalue weighted by molar-refractivity contribution is -0.140. The van der Waals surface area contributed by atoms with Crippen molar-refractivity contribution in [2.24, 2.45) is 10.4 Å². The van der Waals surface area contributed by atoms with E-state index in [9.17, 15) is 9.59 Å². The molecule has 0 atom stereocenters. The number of carbonyl (C=O) groups is 2. The summed E-state index contributed by atoms with van der Waals surface area (Å²) in [6.07, 6.45) is 0.244. The SMILES string of the molecule is COC(=O)CCn1c(=NC(=O)C(C)(C)C)sc2ccccc21. The third kappa shape index (κ3) is 3.62. The second-order valence-electron chi connectivity index (χ2n) is 6.00. The van der Waals surface area contributed by atoms with E-state index in [2.05, 4.69) is 9.73 Å². The normalized spacial score (nSPS) is 12.6. The first-order valence-corrected chi connectivity index (χ1v) is 7.89. The summed E-state index contributed by atoms with van der Waals surface area (Å²) in [6, 6.07) is 7.82. The Labute approximate surface area is 133 Å². The zero-order valence-electron chi connectivity index (χ0n) is 13.3. The Morgan fingerprint density at radius 2 is 1.95 bits per heavy atom. The minimum absolute atomic E-state index is 0.175. The van der Waals surface area contributed by atoms with Crippen LogP contribution in [-0.4, -0.2) is 23.6 Å². The Morgan fingerprint density at radius 1 is 1.27 bits per heavy atom. The Hall–Kier alpha value is -1.95. The van der Waals surface area contributed by atoms with Crippen LogP contribution in [0.25, 0.3) is 10.2 Å². The zero-order valence-corrected chi connectivity index (χ0v) is 14.1. The minimum atomic E-state index is -0.531. The van der Waals surface area contributed by atoms with Crippen LogP contribution in [-0.2, 0) is 20.9 Å². The van der Waals surface area contributed by atoms with Gasteiger partial charge in [0.2, 0.25) is 0 Å². The molecular weight excluding hydrogens is 300 g/mol. The van der Waals surface area contributed by atoms with E-state index in [-0.39, 0.29) is 18.3 Å². The van der Waals surface area contributed by atoms with Crippen LogP contribution >= 0.6 is 11.3 Å². The first kappa shape index (κ1) is 16.4. The van der Waals surface area contributed by atoms with Crippen molar-refractivity contribution in [3.63, 3.8) is 0 Å². The number of carbonyl (C=O) groups excluding carboxylic acids is 2. The molecule has 0 aliphatic heterocycles. The van der Waals surface area contributed by atoms with E-state index >= 15 is 0 Å². The van der Waals surface area contributed by atoms with Crippen LogP contribution < -0.4 is 4.80 Å². The first-order valence-electron chi connectivity index (χ1n) is 7.07. The number of fused-ring (bicyclic) bond motifs is 1. The van der Waals surface area contributed by atoms with Gasteiger partial charge in [-0.2, -0.15) is 4.99 Å². The minimum Gasteiger partial charge on any atom is -0.469 e. The zero-order chi connectivity index (χ0) is 16.3. The van der Waals surface area contributed by atoms with Crippen LogP contribution in [0.2, 0.25) is 0 Å². The monoisotopic (exact) mass is 320 g/mol. The number of thiazole rings is 1. The molecule has 0 spiro atoms. The average Bonchev–Trinajstić information content (AvgIpc) is 2.81. The highest BCUT2D eigenvalue weighted by Gasteiger charge is 2.21. The molecule has 0 saturated heterocycles. The molecule has 1 heterocycles. The highest BCUT2D eigenvalue weighted by molar-refractivity contribution is 7.16. The maximum Gasteiger partial charge on any atom is 0.307 e. The van der Waals surface area contributed by atoms with E-state index in [1.807, 2.05) is 49.6 Å². The molecule has 0 fully saturated rings. The van der Waals surface area contributed by atoms with Crippen molar-refractivity contribution in [1.82, 2.24) is 4.57 Å². The van der Waals surface area contributed by atoms with E-state index < -0.39 is 5.41 Å². The number of aromatic nitrogens is 1. The van der Waals surface area contributed by atoms with Gasteiger partial charge in [0.15, 0.2) is 4.80 Å². The molecule has 0 N–H and O–H groups in total. The summed E-state index contributed by atoms with van der Waals surface area (Å²) in [5.41, 5.74) is 0.438. The molecule has 1 aromatic heterocycles. The first-order chi connectivity index (χ1) is 10.3. The summed E-state index contributed by atoms with van der Waals surface area (Å²) in [5, 5.41) is 0. The van der Waals surface area contributed by atoms with Crippen molar-refractivity contribution < 1.29 is 14.3 Å². The van der Waals surface area contributed by atoms with Crippen molar-refractivity contribution in [2.75, 3.05) is 7.11 Å². The van der Waals surface area contributed by atoms with E-state index in [0.717, 1.165) is 10.2 Å². The molecule has 0 aliphatic rings. The molecule has 2 rings (SSSR count). The van der Waals surface area contributed by atoms with Gasteiger partial charge in [-0.1, -0.05) is 44.2 Å². The number of hydrogen-bond acceptors (Lipinski definition) is 4. The van der Waals surface area contributed by atoms with Gasteiger partial charge in [0.1, 0.15) is 0 Å². The molecule has 1 amide bonds. The van der Waals surface area contributed by atoms with Crippen LogP contribution in [0, 0.1) is 5.41 Å². The molecule has 5 nitrogen and oxygen atoms in total. The van der Waals surface area contributed by atoms with Crippen molar-refractivity contribution in [3.05, 3.63) is 29.1 Å². The van der Waals surface area contributed by atoms with E-state index in [1.54, 1.807) is 0 Å². The number of hydrogen-bond donors (Lipinski definition) is 0. The summed E-state index contributed by atoms with van der Waals surface area (Å²) >= 11 is 1.45. The number of amides is 1. The molecule has 6 heteroatoms. The fourth-order valence-corrected chi connectivity index (χ4v) is 2.94. The molecule has 0 radical (unpaired) electrons. The van der Waals surface area contributed by atoms with Crippen LogP contribution in [0.15, 0.2) is 29.3 Å². The van der Waals surface area contributed by atoms with Gasteiger partial charge in [-0.25, -0.2) is 0 Å². The summed E-state index contributed by atoms with van der Waals surface area (Å²) in [5.74, 6) is -0.457. The van der Waals surface area contributed by atoms with E-state index in [1.165, 1.54) is 18.4 Å². The Bertz CT molecular complexity index is 766. The van der Waals surface area contributed by atoms with Gasteiger partial charge in [-0.05, 0) is 12.1 Å². The number of esters is 1. The summed E-state index contributed by atoms with van der Waals surface area (Å²) < 4.78 is 7.63. The molecule has 0 bridgehead atoms. The second kappa shape index (κ2) is 6.44. The van der Waals surface area contributed by atoms with Gasteiger partial charge in [-0.15, -0.1) is 0 Å². The molecule has 0 saturated carbocycles. The maximum atomic E-state index is 12.2. The van der Waals surface area contributed by atoms with Gasteiger partial charge in [-0.3, -0.25) is 9.59 Å². The largest absolute Gasteiger partial charge is 0.469 e. The number of ether oxygens (including phenoxy) is 1. The van der Waals surface area contributed by atoms with Crippen LogP contribution in [0.4, 0.5) is 0 Å². The molecular formula is C16H20N2O3S. The highest BCUT2D eigenvalue weighted by atomic mass is 32.1. The smallest absolute Gasteiger partial charge is 0.307 e. The second-order valence-corrected chi connectivity index (χ2v) is 7.01. The number of rotatable bonds is 3. The maximum absolute atomic E-state index is 12.2. The number of para-hydroxylation sites is 1. The van der Waals surface area contributed by atoms with E-state index in [0.29, 0.717) is 11.3 Å². The van der Waals surface area contributed by atoms with Crippen molar-refractivity contribution in [3.8, 4) is 0 Å². The topological polar surface area (TPSA) is 60.7 Å². The molecule has 118 valence electrons. The van der Waals surface area contributed by atoms with Crippen LogP contribution in [0.5, 0.6) is 0 Å². The molecule has 22 heavy (non-hydrogen) atoms. The lowest BCUT2D eigenvalue weighted by atomic mass is 9.96. The lowest BCUT2D eigenvalue weighted by Crippen LogP contribution is -2.24.